The highest BCUT2D eigenvalue weighted by Crippen LogP contribution is 2.33. The highest BCUT2D eigenvalue weighted by molar-refractivity contribution is 5.94. The van der Waals surface area contributed by atoms with Gasteiger partial charge in [-0.25, -0.2) is 4.98 Å². The van der Waals surface area contributed by atoms with Crippen molar-refractivity contribution in [2.24, 2.45) is 0 Å². The summed E-state index contributed by atoms with van der Waals surface area (Å²) in [7, 11) is 0. The van der Waals surface area contributed by atoms with Gasteiger partial charge in [0, 0.05) is 30.4 Å². The van der Waals surface area contributed by atoms with Crippen molar-refractivity contribution in [2.75, 3.05) is 6.54 Å². The van der Waals surface area contributed by atoms with Crippen LogP contribution in [0.5, 0.6) is 0 Å². The zero-order valence-electron chi connectivity index (χ0n) is 15.0. The quantitative estimate of drug-likeness (QED) is 0.580. The third kappa shape index (κ3) is 2.77. The molecule has 0 bridgehead atoms. The number of rotatable bonds is 3. The summed E-state index contributed by atoms with van der Waals surface area (Å²) in [6.45, 7) is 0.578. The Morgan fingerprint density at radius 3 is 2.75 bits per heavy atom. The number of nitrogens with one attached hydrogen (secondary N) is 2. The van der Waals surface area contributed by atoms with Crippen molar-refractivity contribution in [3.8, 4) is 11.3 Å². The molecule has 3 aromatic heterocycles. The third-order valence-electron chi connectivity index (χ3n) is 5.03. The number of H-pyrrole nitrogens is 2. The van der Waals surface area contributed by atoms with Gasteiger partial charge in [0.2, 0.25) is 0 Å². The first-order valence-corrected chi connectivity index (χ1v) is 9.16. The van der Waals surface area contributed by atoms with Crippen LogP contribution in [0.25, 0.3) is 11.3 Å². The van der Waals surface area contributed by atoms with Gasteiger partial charge in [0.05, 0.1) is 23.4 Å². The molecule has 1 aliphatic heterocycles. The maximum atomic E-state index is 13.3. The van der Waals surface area contributed by atoms with Gasteiger partial charge in [0.25, 0.3) is 5.91 Å². The van der Waals surface area contributed by atoms with Crippen molar-refractivity contribution in [3.05, 3.63) is 89.9 Å². The van der Waals surface area contributed by atoms with Crippen LogP contribution in [0.1, 0.15) is 33.6 Å². The predicted molar refractivity (Wildman–Crippen MR) is 103 cm³/mol. The number of imidazole rings is 1. The van der Waals surface area contributed by atoms with Crippen molar-refractivity contribution < 1.29 is 4.79 Å². The number of fused-ring (bicyclic) bond motifs is 1. The molecule has 1 aromatic carbocycles. The summed E-state index contributed by atoms with van der Waals surface area (Å²) in [5.41, 5.74) is 4.86. The van der Waals surface area contributed by atoms with Crippen LogP contribution in [-0.2, 0) is 6.42 Å². The fourth-order valence-electron chi connectivity index (χ4n) is 3.68. The minimum atomic E-state index is -0.327. The highest BCUT2D eigenvalue weighted by Gasteiger charge is 2.35. The summed E-state index contributed by atoms with van der Waals surface area (Å²) in [4.78, 5) is 27.3. The molecular weight excluding hydrogens is 352 g/mol. The number of carbonyl (C=O) groups is 1. The highest BCUT2D eigenvalue weighted by atomic mass is 16.2. The molecule has 0 saturated heterocycles. The molecule has 1 amide bonds. The lowest BCUT2D eigenvalue weighted by Crippen LogP contribution is -2.41. The SMILES string of the molecule is O=C(c1cc(-c2ccccc2)n[nH]1)N1CCc2[nH]cnc2[C@H]1c1ccccn1. The Kier molecular flexibility index (Phi) is 3.97. The van der Waals surface area contributed by atoms with Gasteiger partial charge in [-0.05, 0) is 18.2 Å². The number of hydrogen-bond acceptors (Lipinski definition) is 4. The van der Waals surface area contributed by atoms with E-state index in [2.05, 4.69) is 25.1 Å². The minimum Gasteiger partial charge on any atom is -0.348 e. The van der Waals surface area contributed by atoms with E-state index < -0.39 is 0 Å². The molecule has 138 valence electrons. The van der Waals surface area contributed by atoms with Crippen LogP contribution in [0.2, 0.25) is 0 Å². The lowest BCUT2D eigenvalue weighted by Gasteiger charge is -2.34. The van der Waals surface area contributed by atoms with Gasteiger partial charge in [-0.1, -0.05) is 36.4 Å². The van der Waals surface area contributed by atoms with E-state index in [0.717, 1.165) is 34.8 Å². The van der Waals surface area contributed by atoms with E-state index in [1.807, 2.05) is 53.4 Å². The first-order valence-electron chi connectivity index (χ1n) is 9.16. The number of nitrogens with zero attached hydrogens (tertiary/aromatic N) is 4. The normalized spacial score (nSPS) is 16.0. The largest absolute Gasteiger partial charge is 0.348 e. The topological polar surface area (TPSA) is 90.6 Å². The third-order valence-corrected chi connectivity index (χ3v) is 5.03. The van der Waals surface area contributed by atoms with Crippen LogP contribution >= 0.6 is 0 Å². The summed E-state index contributed by atoms with van der Waals surface area (Å²) in [5.74, 6) is -0.112. The van der Waals surface area contributed by atoms with Gasteiger partial charge >= 0.3 is 0 Å². The molecule has 28 heavy (non-hydrogen) atoms. The van der Waals surface area contributed by atoms with E-state index in [-0.39, 0.29) is 11.9 Å². The van der Waals surface area contributed by atoms with Crippen molar-refractivity contribution in [1.29, 1.82) is 0 Å². The molecule has 7 nitrogen and oxygen atoms in total. The zero-order valence-corrected chi connectivity index (χ0v) is 15.0. The Hall–Kier alpha value is -3.74. The molecule has 0 radical (unpaired) electrons. The average molecular weight is 370 g/mol. The zero-order chi connectivity index (χ0) is 18.9. The molecular formula is C21H18N6O. The molecule has 5 rings (SSSR count). The second-order valence-corrected chi connectivity index (χ2v) is 6.70. The molecule has 4 heterocycles. The summed E-state index contributed by atoms with van der Waals surface area (Å²) in [5, 5.41) is 7.23. The Labute approximate surface area is 161 Å². The minimum absolute atomic E-state index is 0.112. The molecule has 0 aliphatic carbocycles. The van der Waals surface area contributed by atoms with E-state index in [4.69, 9.17) is 0 Å². The number of pyridine rings is 1. The number of benzene rings is 1. The Bertz CT molecular complexity index is 1100. The lowest BCUT2D eigenvalue weighted by atomic mass is 9.98. The van der Waals surface area contributed by atoms with E-state index in [9.17, 15) is 4.79 Å². The maximum Gasteiger partial charge on any atom is 0.272 e. The molecule has 1 aliphatic rings. The van der Waals surface area contributed by atoms with Crippen molar-refractivity contribution in [2.45, 2.75) is 12.5 Å². The summed E-state index contributed by atoms with van der Waals surface area (Å²) in [6.07, 6.45) is 4.14. The standard InChI is InChI=1S/C21H18N6O/c28-21(18-12-17(25-26-18)14-6-2-1-3-7-14)27-11-9-15-19(24-13-23-15)20(27)16-8-4-5-10-22-16/h1-8,10,12-13,20H,9,11H2,(H,23,24)(H,25,26)/t20-/m1/s1. The van der Waals surface area contributed by atoms with Crippen LogP contribution in [0.3, 0.4) is 0 Å². The first kappa shape index (κ1) is 16.4. The number of carbonyl (C=O) groups excluding carboxylic acids is 1. The van der Waals surface area contributed by atoms with E-state index >= 15 is 0 Å². The van der Waals surface area contributed by atoms with Crippen molar-refractivity contribution in [1.82, 2.24) is 30.0 Å². The Morgan fingerprint density at radius 2 is 1.93 bits per heavy atom. The molecule has 4 aromatic rings. The molecule has 0 spiro atoms. The number of hydrogen-bond donors (Lipinski definition) is 2. The monoisotopic (exact) mass is 370 g/mol. The number of aromatic amines is 2. The molecule has 1 atom stereocenters. The van der Waals surface area contributed by atoms with Gasteiger partial charge in [-0.15, -0.1) is 0 Å². The van der Waals surface area contributed by atoms with Crippen LogP contribution < -0.4 is 0 Å². The van der Waals surface area contributed by atoms with Crippen LogP contribution in [0.4, 0.5) is 0 Å². The van der Waals surface area contributed by atoms with Crippen molar-refractivity contribution >= 4 is 5.91 Å². The lowest BCUT2D eigenvalue weighted by molar-refractivity contribution is 0.0681. The number of aromatic nitrogens is 5. The van der Waals surface area contributed by atoms with E-state index in [0.29, 0.717) is 12.2 Å². The van der Waals surface area contributed by atoms with E-state index in [1.165, 1.54) is 0 Å². The molecule has 7 heteroatoms. The fraction of sp³-hybridized carbons (Fsp3) is 0.143. The maximum absolute atomic E-state index is 13.3. The number of amides is 1. The van der Waals surface area contributed by atoms with Gasteiger partial charge in [0.15, 0.2) is 0 Å². The predicted octanol–water partition coefficient (Wildman–Crippen LogP) is 2.98. The summed E-state index contributed by atoms with van der Waals surface area (Å²) < 4.78 is 0. The van der Waals surface area contributed by atoms with Gasteiger partial charge in [-0.2, -0.15) is 5.10 Å². The van der Waals surface area contributed by atoms with E-state index in [1.54, 1.807) is 18.6 Å². The van der Waals surface area contributed by atoms with Crippen molar-refractivity contribution in [3.63, 3.8) is 0 Å². The second-order valence-electron chi connectivity index (χ2n) is 6.70. The van der Waals surface area contributed by atoms with Gasteiger partial charge in [0.1, 0.15) is 11.7 Å². The fourth-order valence-corrected chi connectivity index (χ4v) is 3.68. The Morgan fingerprint density at radius 1 is 1.07 bits per heavy atom. The van der Waals surface area contributed by atoms with Crippen LogP contribution in [0.15, 0.2) is 67.1 Å². The van der Waals surface area contributed by atoms with Gasteiger partial charge in [-0.3, -0.25) is 14.9 Å². The average Bonchev–Trinajstić information content (AvgIpc) is 3.43. The molecule has 0 saturated carbocycles. The van der Waals surface area contributed by atoms with Crippen LogP contribution in [-0.4, -0.2) is 42.5 Å². The Balaban J connectivity index is 1.51. The first-order chi connectivity index (χ1) is 13.8. The smallest absolute Gasteiger partial charge is 0.272 e. The molecule has 0 fully saturated rings. The molecule has 0 unspecified atom stereocenters. The second kappa shape index (κ2) is 6.77. The van der Waals surface area contributed by atoms with Crippen LogP contribution in [0, 0.1) is 0 Å². The van der Waals surface area contributed by atoms with Gasteiger partial charge < -0.3 is 9.88 Å². The molecule has 2 N–H and O–H groups in total. The summed E-state index contributed by atoms with van der Waals surface area (Å²) in [6, 6.07) is 17.0. The summed E-state index contributed by atoms with van der Waals surface area (Å²) >= 11 is 0.